The summed E-state index contributed by atoms with van der Waals surface area (Å²) in [4.78, 5) is 24.6. The predicted molar refractivity (Wildman–Crippen MR) is 95.0 cm³/mol. The normalized spacial score (nSPS) is 11.1. The zero-order chi connectivity index (χ0) is 17.3. The van der Waals surface area contributed by atoms with E-state index in [1.165, 1.54) is 0 Å². The summed E-state index contributed by atoms with van der Waals surface area (Å²) in [7, 11) is 0. The summed E-state index contributed by atoms with van der Waals surface area (Å²) < 4.78 is 0.861. The molecular weight excluding hydrogens is 302 g/mol. The first-order chi connectivity index (χ1) is 11.5. The fourth-order valence-electron chi connectivity index (χ4n) is 3.24. The molecule has 3 aromatic rings. The third-order valence-electron chi connectivity index (χ3n) is 4.21. The van der Waals surface area contributed by atoms with Crippen molar-refractivity contribution in [2.75, 3.05) is 0 Å². The van der Waals surface area contributed by atoms with Crippen LogP contribution in [-0.4, -0.2) is 15.8 Å². The number of carboxylic acid groups (broad SMARTS) is 1. The average Bonchev–Trinajstić information content (AvgIpc) is 2.55. The van der Waals surface area contributed by atoms with Crippen LogP contribution in [0, 0.1) is 0 Å². The Bertz CT molecular complexity index is 956. The minimum atomic E-state index is -1.25. The maximum atomic E-state index is 12.9. The summed E-state index contributed by atoms with van der Waals surface area (Å²) in [5.74, 6) is 0.116. The van der Waals surface area contributed by atoms with Gasteiger partial charge in [0.1, 0.15) is 0 Å². The molecule has 0 aliphatic rings. The molecule has 1 aromatic heterocycles. The molecule has 0 unspecified atom stereocenters. The Labute approximate surface area is 140 Å². The molecule has 1 heterocycles. The number of hydrogen-bond acceptors (Lipinski definition) is 2. The lowest BCUT2D eigenvalue weighted by Gasteiger charge is -2.18. The second-order valence-corrected chi connectivity index (χ2v) is 6.15. The zero-order valence-electron chi connectivity index (χ0n) is 13.7. The number of rotatable bonds is 3. The van der Waals surface area contributed by atoms with Crippen molar-refractivity contribution in [3.05, 3.63) is 81.6 Å². The van der Waals surface area contributed by atoms with Crippen molar-refractivity contribution < 1.29 is 9.90 Å². The van der Waals surface area contributed by atoms with Gasteiger partial charge < -0.3 is 5.11 Å². The van der Waals surface area contributed by atoms with Crippen LogP contribution < -0.4 is 5.56 Å². The second kappa shape index (κ2) is 6.32. The lowest BCUT2D eigenvalue weighted by Crippen LogP contribution is -2.31. The van der Waals surface area contributed by atoms with Crippen LogP contribution in [0.5, 0.6) is 0 Å². The van der Waals surface area contributed by atoms with Gasteiger partial charge in [0, 0.05) is 17.4 Å². The number of hydrogen-bond donors (Lipinski definition) is 1. The van der Waals surface area contributed by atoms with Gasteiger partial charge in [-0.25, -0.2) is 9.36 Å². The van der Waals surface area contributed by atoms with E-state index in [0.29, 0.717) is 17.5 Å². The van der Waals surface area contributed by atoms with Crippen molar-refractivity contribution >= 4 is 17.0 Å². The molecule has 0 fully saturated rings. The standard InChI is InChI=1S/C20H19NO3/c1-13(2)18-15-10-6-7-11-17(15)21(20(23)24)19(22)16(18)12-14-8-4-3-5-9-14/h3-11,13H,12H2,1-2H3,(H,23,24). The van der Waals surface area contributed by atoms with Crippen LogP contribution in [0.1, 0.15) is 36.5 Å². The number of nitrogens with zero attached hydrogens (tertiary/aromatic N) is 1. The molecule has 0 aliphatic carbocycles. The van der Waals surface area contributed by atoms with Crippen LogP contribution in [0.25, 0.3) is 10.9 Å². The summed E-state index contributed by atoms with van der Waals surface area (Å²) in [6, 6.07) is 16.8. The van der Waals surface area contributed by atoms with Crippen molar-refractivity contribution in [2.45, 2.75) is 26.2 Å². The van der Waals surface area contributed by atoms with Gasteiger partial charge in [0.25, 0.3) is 5.56 Å². The van der Waals surface area contributed by atoms with Crippen LogP contribution in [0.4, 0.5) is 4.79 Å². The minimum Gasteiger partial charge on any atom is -0.464 e. The van der Waals surface area contributed by atoms with Gasteiger partial charge in [0.05, 0.1) is 5.52 Å². The van der Waals surface area contributed by atoms with E-state index in [1.807, 2.05) is 56.3 Å². The van der Waals surface area contributed by atoms with E-state index < -0.39 is 11.7 Å². The summed E-state index contributed by atoms with van der Waals surface area (Å²) in [5, 5.41) is 10.4. The molecule has 3 rings (SSSR count). The molecule has 0 radical (unpaired) electrons. The third-order valence-corrected chi connectivity index (χ3v) is 4.21. The molecule has 0 aliphatic heterocycles. The van der Waals surface area contributed by atoms with Gasteiger partial charge in [-0.2, -0.15) is 0 Å². The van der Waals surface area contributed by atoms with Crippen LogP contribution in [0.3, 0.4) is 0 Å². The summed E-state index contributed by atoms with van der Waals surface area (Å²) in [5.41, 5.74) is 2.46. The number of benzene rings is 2. The number of fused-ring (bicyclic) bond motifs is 1. The lowest BCUT2D eigenvalue weighted by atomic mass is 9.90. The fraction of sp³-hybridized carbons (Fsp3) is 0.200. The maximum Gasteiger partial charge on any atom is 0.419 e. The topological polar surface area (TPSA) is 59.3 Å². The number of para-hydroxylation sites is 1. The van der Waals surface area contributed by atoms with E-state index in [4.69, 9.17) is 0 Å². The van der Waals surface area contributed by atoms with Gasteiger partial charge in [0.15, 0.2) is 0 Å². The Kier molecular flexibility index (Phi) is 4.21. The molecule has 0 saturated heterocycles. The molecule has 24 heavy (non-hydrogen) atoms. The van der Waals surface area contributed by atoms with E-state index in [0.717, 1.165) is 21.1 Å². The highest BCUT2D eigenvalue weighted by Gasteiger charge is 2.21. The number of aromatic nitrogens is 1. The molecule has 0 bridgehead atoms. The highest BCUT2D eigenvalue weighted by molar-refractivity contribution is 5.90. The van der Waals surface area contributed by atoms with Gasteiger partial charge in [-0.3, -0.25) is 4.79 Å². The summed E-state index contributed by atoms with van der Waals surface area (Å²) in [6.45, 7) is 4.06. The minimum absolute atomic E-state index is 0.116. The lowest BCUT2D eigenvalue weighted by molar-refractivity contribution is 0.196. The Morgan fingerprint density at radius 3 is 2.29 bits per heavy atom. The molecule has 1 N–H and O–H groups in total. The Hall–Kier alpha value is -2.88. The molecule has 0 atom stereocenters. The van der Waals surface area contributed by atoms with E-state index >= 15 is 0 Å². The summed E-state index contributed by atoms with van der Waals surface area (Å²) >= 11 is 0. The van der Waals surface area contributed by atoms with Crippen molar-refractivity contribution in [1.82, 2.24) is 4.57 Å². The number of pyridine rings is 1. The van der Waals surface area contributed by atoms with Crippen LogP contribution in [-0.2, 0) is 6.42 Å². The van der Waals surface area contributed by atoms with Crippen molar-refractivity contribution in [2.24, 2.45) is 0 Å². The van der Waals surface area contributed by atoms with E-state index in [-0.39, 0.29) is 5.92 Å². The van der Waals surface area contributed by atoms with Gasteiger partial charge in [0.2, 0.25) is 0 Å². The monoisotopic (exact) mass is 321 g/mol. The predicted octanol–water partition coefficient (Wildman–Crippen LogP) is 4.24. The zero-order valence-corrected chi connectivity index (χ0v) is 13.7. The van der Waals surface area contributed by atoms with E-state index in [9.17, 15) is 14.7 Å². The molecule has 0 spiro atoms. The largest absolute Gasteiger partial charge is 0.464 e. The molecule has 4 heteroatoms. The van der Waals surface area contributed by atoms with Crippen LogP contribution >= 0.6 is 0 Å². The molecular formula is C20H19NO3. The molecule has 4 nitrogen and oxygen atoms in total. The van der Waals surface area contributed by atoms with Crippen molar-refractivity contribution in [3.8, 4) is 0 Å². The molecule has 122 valence electrons. The first kappa shape index (κ1) is 16.0. The fourth-order valence-corrected chi connectivity index (χ4v) is 3.24. The average molecular weight is 321 g/mol. The molecule has 0 saturated carbocycles. The highest BCUT2D eigenvalue weighted by atomic mass is 16.4. The maximum absolute atomic E-state index is 12.9. The molecule has 0 amide bonds. The van der Waals surface area contributed by atoms with Gasteiger partial charge >= 0.3 is 6.09 Å². The quantitative estimate of drug-likeness (QED) is 0.785. The Balaban J connectivity index is 2.38. The SMILES string of the molecule is CC(C)c1c(Cc2ccccc2)c(=O)n(C(=O)O)c2ccccc12. The molecule has 2 aromatic carbocycles. The van der Waals surface area contributed by atoms with Crippen LogP contribution in [0.15, 0.2) is 59.4 Å². The highest BCUT2D eigenvalue weighted by Crippen LogP contribution is 2.28. The second-order valence-electron chi connectivity index (χ2n) is 6.15. The van der Waals surface area contributed by atoms with Gasteiger partial charge in [-0.15, -0.1) is 0 Å². The van der Waals surface area contributed by atoms with Crippen LogP contribution in [0.2, 0.25) is 0 Å². The smallest absolute Gasteiger partial charge is 0.419 e. The third kappa shape index (κ3) is 2.71. The number of carbonyl (C=O) groups is 1. The van der Waals surface area contributed by atoms with Gasteiger partial charge in [-0.1, -0.05) is 62.4 Å². The first-order valence-electron chi connectivity index (χ1n) is 7.94. The first-order valence-corrected chi connectivity index (χ1v) is 7.94. The van der Waals surface area contributed by atoms with Crippen molar-refractivity contribution in [1.29, 1.82) is 0 Å². The van der Waals surface area contributed by atoms with Crippen molar-refractivity contribution in [3.63, 3.8) is 0 Å². The van der Waals surface area contributed by atoms with E-state index in [1.54, 1.807) is 12.1 Å². The summed E-state index contributed by atoms with van der Waals surface area (Å²) in [6.07, 6.45) is -0.827. The van der Waals surface area contributed by atoms with Gasteiger partial charge in [-0.05, 0) is 23.1 Å². The Morgan fingerprint density at radius 1 is 1.04 bits per heavy atom. The van der Waals surface area contributed by atoms with E-state index in [2.05, 4.69) is 0 Å². The Morgan fingerprint density at radius 2 is 1.67 bits per heavy atom.